The molecule has 1 heterocycles. The quantitative estimate of drug-likeness (QED) is 0.843. The minimum Gasteiger partial charge on any atom is -0.371 e. The van der Waals surface area contributed by atoms with Crippen molar-refractivity contribution in [1.82, 2.24) is 5.32 Å². The van der Waals surface area contributed by atoms with Gasteiger partial charge in [0.25, 0.3) is 0 Å². The highest BCUT2D eigenvalue weighted by molar-refractivity contribution is 5.54. The number of hydrogen-bond acceptors (Lipinski definition) is 2. The SMILES string of the molecule is CNC1CCN(c2ccc(C)cc2C)CC1C. The average Bonchev–Trinajstić information content (AvgIpc) is 2.29. The molecule has 1 fully saturated rings. The first-order chi connectivity index (χ1) is 8.11. The van der Waals surface area contributed by atoms with Crippen LogP contribution in [0.2, 0.25) is 0 Å². The predicted molar refractivity (Wildman–Crippen MR) is 74.8 cm³/mol. The molecule has 0 radical (unpaired) electrons. The van der Waals surface area contributed by atoms with E-state index < -0.39 is 0 Å². The second-order valence-electron chi connectivity index (χ2n) is 5.40. The summed E-state index contributed by atoms with van der Waals surface area (Å²) < 4.78 is 0. The lowest BCUT2D eigenvalue weighted by atomic mass is 9.93. The molecule has 2 nitrogen and oxygen atoms in total. The number of hydrogen-bond donors (Lipinski definition) is 1. The number of benzene rings is 1. The topological polar surface area (TPSA) is 15.3 Å². The maximum absolute atomic E-state index is 3.42. The lowest BCUT2D eigenvalue weighted by Crippen LogP contribution is -2.47. The fraction of sp³-hybridized carbons (Fsp3) is 0.600. The summed E-state index contributed by atoms with van der Waals surface area (Å²) in [7, 11) is 2.08. The van der Waals surface area contributed by atoms with Gasteiger partial charge in [-0.2, -0.15) is 0 Å². The maximum atomic E-state index is 3.42. The van der Waals surface area contributed by atoms with Crippen LogP contribution < -0.4 is 10.2 Å². The van der Waals surface area contributed by atoms with Crippen molar-refractivity contribution in [3.8, 4) is 0 Å². The zero-order chi connectivity index (χ0) is 12.4. The second-order valence-corrected chi connectivity index (χ2v) is 5.40. The van der Waals surface area contributed by atoms with Crippen molar-refractivity contribution in [2.24, 2.45) is 5.92 Å². The fourth-order valence-corrected chi connectivity index (χ4v) is 2.95. The zero-order valence-corrected chi connectivity index (χ0v) is 11.5. The van der Waals surface area contributed by atoms with Gasteiger partial charge in [-0.1, -0.05) is 24.6 Å². The Hall–Kier alpha value is -1.02. The van der Waals surface area contributed by atoms with Crippen molar-refractivity contribution in [1.29, 1.82) is 0 Å². The number of nitrogens with one attached hydrogen (secondary N) is 1. The Labute approximate surface area is 105 Å². The molecule has 0 aliphatic carbocycles. The molecule has 1 aromatic rings. The molecule has 0 bridgehead atoms. The van der Waals surface area contributed by atoms with E-state index in [2.05, 4.69) is 56.2 Å². The molecule has 2 unspecified atom stereocenters. The van der Waals surface area contributed by atoms with Gasteiger partial charge in [0, 0.05) is 24.8 Å². The molecular formula is C15H24N2. The Morgan fingerprint density at radius 2 is 2.06 bits per heavy atom. The number of anilines is 1. The molecule has 1 aliphatic heterocycles. The zero-order valence-electron chi connectivity index (χ0n) is 11.5. The molecule has 1 N–H and O–H groups in total. The van der Waals surface area contributed by atoms with E-state index in [4.69, 9.17) is 0 Å². The molecule has 2 atom stereocenters. The molecule has 0 saturated carbocycles. The van der Waals surface area contributed by atoms with E-state index in [0.717, 1.165) is 12.5 Å². The molecular weight excluding hydrogens is 208 g/mol. The Morgan fingerprint density at radius 3 is 2.65 bits per heavy atom. The highest BCUT2D eigenvalue weighted by Gasteiger charge is 2.25. The van der Waals surface area contributed by atoms with Crippen LogP contribution in [0.4, 0.5) is 5.69 Å². The smallest absolute Gasteiger partial charge is 0.0396 e. The third-order valence-electron chi connectivity index (χ3n) is 3.97. The summed E-state index contributed by atoms with van der Waals surface area (Å²) in [5, 5.41) is 3.42. The van der Waals surface area contributed by atoms with Crippen molar-refractivity contribution in [2.45, 2.75) is 33.2 Å². The van der Waals surface area contributed by atoms with Crippen LogP contribution >= 0.6 is 0 Å². The third kappa shape index (κ3) is 2.63. The predicted octanol–water partition coefficient (Wildman–Crippen LogP) is 2.74. The minimum atomic E-state index is 0.678. The molecule has 2 heteroatoms. The molecule has 94 valence electrons. The maximum Gasteiger partial charge on any atom is 0.0396 e. The van der Waals surface area contributed by atoms with Crippen LogP contribution in [0.1, 0.15) is 24.5 Å². The molecule has 0 aromatic heterocycles. The van der Waals surface area contributed by atoms with E-state index in [0.29, 0.717) is 6.04 Å². The number of rotatable bonds is 2. The van der Waals surface area contributed by atoms with Crippen LogP contribution in [-0.4, -0.2) is 26.2 Å². The third-order valence-corrected chi connectivity index (χ3v) is 3.97. The molecule has 2 rings (SSSR count). The standard InChI is InChI=1S/C15H24N2/c1-11-5-6-15(12(2)9-11)17-8-7-14(16-4)13(3)10-17/h5-6,9,13-14,16H,7-8,10H2,1-4H3. The van der Waals surface area contributed by atoms with E-state index in [1.54, 1.807) is 0 Å². The fourth-order valence-electron chi connectivity index (χ4n) is 2.95. The van der Waals surface area contributed by atoms with Crippen molar-refractivity contribution in [2.75, 3.05) is 25.0 Å². The van der Waals surface area contributed by atoms with Crippen LogP contribution in [0.15, 0.2) is 18.2 Å². The highest BCUT2D eigenvalue weighted by atomic mass is 15.2. The van der Waals surface area contributed by atoms with Crippen LogP contribution in [0.5, 0.6) is 0 Å². The van der Waals surface area contributed by atoms with Crippen LogP contribution in [-0.2, 0) is 0 Å². The van der Waals surface area contributed by atoms with Crippen molar-refractivity contribution in [3.63, 3.8) is 0 Å². The summed E-state index contributed by atoms with van der Waals surface area (Å²) in [4.78, 5) is 2.54. The summed E-state index contributed by atoms with van der Waals surface area (Å²) in [6.07, 6.45) is 1.24. The van der Waals surface area contributed by atoms with Gasteiger partial charge >= 0.3 is 0 Å². The summed E-state index contributed by atoms with van der Waals surface area (Å²) in [5.74, 6) is 0.717. The van der Waals surface area contributed by atoms with Gasteiger partial charge in [-0.3, -0.25) is 0 Å². The van der Waals surface area contributed by atoms with E-state index >= 15 is 0 Å². The summed E-state index contributed by atoms with van der Waals surface area (Å²) in [6.45, 7) is 9.05. The van der Waals surface area contributed by atoms with Gasteiger partial charge in [-0.25, -0.2) is 0 Å². The lowest BCUT2D eigenvalue weighted by Gasteiger charge is -2.38. The van der Waals surface area contributed by atoms with E-state index in [9.17, 15) is 0 Å². The van der Waals surface area contributed by atoms with Gasteiger partial charge in [0.05, 0.1) is 0 Å². The molecule has 17 heavy (non-hydrogen) atoms. The van der Waals surface area contributed by atoms with E-state index in [1.165, 1.54) is 29.8 Å². The van der Waals surface area contributed by atoms with Gasteiger partial charge in [0.2, 0.25) is 0 Å². The van der Waals surface area contributed by atoms with Crippen molar-refractivity contribution >= 4 is 5.69 Å². The first kappa shape index (κ1) is 12.4. The number of nitrogens with zero attached hydrogens (tertiary/aromatic N) is 1. The molecule has 0 amide bonds. The van der Waals surface area contributed by atoms with Crippen molar-refractivity contribution in [3.05, 3.63) is 29.3 Å². The van der Waals surface area contributed by atoms with Gasteiger partial charge in [-0.15, -0.1) is 0 Å². The Bertz CT molecular complexity index is 387. The Kier molecular flexibility index (Phi) is 3.72. The van der Waals surface area contributed by atoms with Gasteiger partial charge in [0.15, 0.2) is 0 Å². The number of piperidine rings is 1. The minimum absolute atomic E-state index is 0.678. The van der Waals surface area contributed by atoms with Gasteiger partial charge in [-0.05, 0) is 44.9 Å². The largest absolute Gasteiger partial charge is 0.371 e. The molecule has 1 aliphatic rings. The summed E-state index contributed by atoms with van der Waals surface area (Å²) >= 11 is 0. The normalized spacial score (nSPS) is 25.1. The van der Waals surface area contributed by atoms with Crippen LogP contribution in [0.3, 0.4) is 0 Å². The van der Waals surface area contributed by atoms with Crippen LogP contribution in [0.25, 0.3) is 0 Å². The van der Waals surface area contributed by atoms with Crippen molar-refractivity contribution < 1.29 is 0 Å². The number of aryl methyl sites for hydroxylation is 2. The Balaban J connectivity index is 2.14. The van der Waals surface area contributed by atoms with E-state index in [1.807, 2.05) is 0 Å². The summed E-state index contributed by atoms with van der Waals surface area (Å²) in [5.41, 5.74) is 4.17. The van der Waals surface area contributed by atoms with E-state index in [-0.39, 0.29) is 0 Å². The first-order valence-corrected chi connectivity index (χ1v) is 6.61. The molecule has 1 saturated heterocycles. The molecule has 1 aromatic carbocycles. The Morgan fingerprint density at radius 1 is 1.29 bits per heavy atom. The average molecular weight is 232 g/mol. The highest BCUT2D eigenvalue weighted by Crippen LogP contribution is 2.26. The molecule has 0 spiro atoms. The first-order valence-electron chi connectivity index (χ1n) is 6.61. The van der Waals surface area contributed by atoms with Gasteiger partial charge < -0.3 is 10.2 Å². The van der Waals surface area contributed by atoms with Crippen LogP contribution in [0, 0.1) is 19.8 Å². The van der Waals surface area contributed by atoms with Gasteiger partial charge in [0.1, 0.15) is 0 Å². The lowest BCUT2D eigenvalue weighted by molar-refractivity contribution is 0.338. The summed E-state index contributed by atoms with van der Waals surface area (Å²) in [6, 6.07) is 7.45. The monoisotopic (exact) mass is 232 g/mol. The second kappa shape index (κ2) is 5.09.